The Balaban J connectivity index is 2.25. The fourth-order valence-electron chi connectivity index (χ4n) is 3.37. The molecule has 0 spiro atoms. The van der Waals surface area contributed by atoms with Gasteiger partial charge in [-0.05, 0) is 35.8 Å². The van der Waals surface area contributed by atoms with Gasteiger partial charge in [0.15, 0.2) is 0 Å². The van der Waals surface area contributed by atoms with Crippen LogP contribution < -0.4 is 0 Å². The number of benzene rings is 1. The Hall–Kier alpha value is -1.94. The van der Waals surface area contributed by atoms with Crippen molar-refractivity contribution in [2.45, 2.75) is 59.1 Å². The lowest BCUT2D eigenvalue weighted by atomic mass is 9.82. The third-order valence-corrected chi connectivity index (χ3v) is 4.58. The Labute approximate surface area is 151 Å². The molecule has 1 heterocycles. The normalized spacial score (nSPS) is 14.2. The molecule has 0 fully saturated rings. The summed E-state index contributed by atoms with van der Waals surface area (Å²) in [6.07, 6.45) is 8.24. The molecule has 136 valence electrons. The Morgan fingerprint density at radius 1 is 1.24 bits per heavy atom. The van der Waals surface area contributed by atoms with Gasteiger partial charge in [0, 0.05) is 0 Å². The van der Waals surface area contributed by atoms with Crippen LogP contribution in [0.4, 0.5) is 0 Å². The van der Waals surface area contributed by atoms with Crippen LogP contribution in [0.15, 0.2) is 49.6 Å². The van der Waals surface area contributed by atoms with E-state index in [1.807, 2.05) is 10.8 Å². The maximum Gasteiger partial charge on any atom is 0.137 e. The van der Waals surface area contributed by atoms with E-state index in [2.05, 4.69) is 68.6 Å². The van der Waals surface area contributed by atoms with E-state index in [-0.39, 0.29) is 17.6 Å². The molecular weight excluding hydrogens is 310 g/mol. The number of aromatic nitrogens is 3. The van der Waals surface area contributed by atoms with Gasteiger partial charge in [-0.15, -0.1) is 6.58 Å². The van der Waals surface area contributed by atoms with Gasteiger partial charge in [-0.3, -0.25) is 0 Å². The number of nitrogens with zero attached hydrogens (tertiary/aromatic N) is 3. The summed E-state index contributed by atoms with van der Waals surface area (Å²) in [4.78, 5) is 4.15. The van der Waals surface area contributed by atoms with Gasteiger partial charge >= 0.3 is 0 Å². The van der Waals surface area contributed by atoms with E-state index in [9.17, 15) is 0 Å². The van der Waals surface area contributed by atoms with Crippen molar-refractivity contribution in [1.29, 1.82) is 0 Å². The Bertz CT molecular complexity index is 643. The lowest BCUT2D eigenvalue weighted by molar-refractivity contribution is -0.0437. The minimum absolute atomic E-state index is 0.0100. The molecule has 2 unspecified atom stereocenters. The fraction of sp³-hybridized carbons (Fsp3) is 0.524. The molecule has 25 heavy (non-hydrogen) atoms. The van der Waals surface area contributed by atoms with E-state index in [1.54, 1.807) is 12.7 Å². The van der Waals surface area contributed by atoms with E-state index in [0.29, 0.717) is 6.61 Å². The van der Waals surface area contributed by atoms with Gasteiger partial charge in [0.05, 0.1) is 18.8 Å². The van der Waals surface area contributed by atoms with E-state index >= 15 is 0 Å². The largest absolute Gasteiger partial charge is 0.371 e. The second-order valence-electron chi connectivity index (χ2n) is 7.51. The van der Waals surface area contributed by atoms with Crippen LogP contribution in [0.2, 0.25) is 0 Å². The van der Waals surface area contributed by atoms with E-state index in [0.717, 1.165) is 19.3 Å². The molecule has 0 aliphatic carbocycles. The second-order valence-corrected chi connectivity index (χ2v) is 7.51. The number of hydrogen-bond donors (Lipinski definition) is 0. The zero-order valence-electron chi connectivity index (χ0n) is 16.0. The molecule has 4 nitrogen and oxygen atoms in total. The molecule has 0 saturated heterocycles. The fourth-order valence-corrected chi connectivity index (χ4v) is 3.37. The van der Waals surface area contributed by atoms with Gasteiger partial charge < -0.3 is 4.74 Å². The zero-order chi connectivity index (χ0) is 18.3. The van der Waals surface area contributed by atoms with E-state index < -0.39 is 0 Å². The molecule has 2 atom stereocenters. The Kier molecular flexibility index (Phi) is 6.94. The second kappa shape index (κ2) is 8.95. The number of ether oxygens (including phenoxy) is 1. The van der Waals surface area contributed by atoms with Crippen LogP contribution in [-0.4, -0.2) is 27.5 Å². The molecule has 2 aromatic rings. The van der Waals surface area contributed by atoms with Crippen molar-refractivity contribution in [3.8, 4) is 0 Å². The first-order valence-electron chi connectivity index (χ1n) is 9.10. The van der Waals surface area contributed by atoms with Crippen LogP contribution in [0, 0.1) is 5.41 Å². The molecule has 0 aliphatic rings. The average molecular weight is 341 g/mol. The molecule has 0 aliphatic heterocycles. The van der Waals surface area contributed by atoms with Crippen LogP contribution >= 0.6 is 0 Å². The molecule has 1 aromatic heterocycles. The highest BCUT2D eigenvalue weighted by atomic mass is 16.5. The molecule has 0 bridgehead atoms. The zero-order valence-corrected chi connectivity index (χ0v) is 16.0. The third kappa shape index (κ3) is 5.27. The SMILES string of the molecule is C=CCOC(C(CCc1ccccc1CC)n1cncn1)C(C)(C)C. The van der Waals surface area contributed by atoms with Crippen molar-refractivity contribution in [1.82, 2.24) is 14.8 Å². The molecule has 0 radical (unpaired) electrons. The topological polar surface area (TPSA) is 39.9 Å². The molecule has 0 saturated carbocycles. The number of hydrogen-bond acceptors (Lipinski definition) is 3. The van der Waals surface area contributed by atoms with Crippen LogP contribution in [0.3, 0.4) is 0 Å². The Morgan fingerprint density at radius 3 is 2.52 bits per heavy atom. The van der Waals surface area contributed by atoms with E-state index in [4.69, 9.17) is 4.74 Å². The first-order valence-corrected chi connectivity index (χ1v) is 9.10. The Morgan fingerprint density at radius 2 is 1.96 bits per heavy atom. The van der Waals surface area contributed by atoms with Crippen molar-refractivity contribution in [2.24, 2.45) is 5.41 Å². The average Bonchev–Trinajstić information content (AvgIpc) is 3.11. The van der Waals surface area contributed by atoms with Crippen LogP contribution in [0.25, 0.3) is 0 Å². The van der Waals surface area contributed by atoms with Crippen LogP contribution in [0.5, 0.6) is 0 Å². The summed E-state index contributed by atoms with van der Waals surface area (Å²) in [6.45, 7) is 13.2. The first-order chi connectivity index (χ1) is 12.0. The minimum atomic E-state index is -0.0100. The third-order valence-electron chi connectivity index (χ3n) is 4.58. The van der Waals surface area contributed by atoms with Gasteiger partial charge in [-0.25, -0.2) is 9.67 Å². The van der Waals surface area contributed by atoms with Gasteiger partial charge in [-0.1, -0.05) is 58.0 Å². The molecular formula is C21H31N3O. The monoisotopic (exact) mass is 341 g/mol. The summed E-state index contributed by atoms with van der Waals surface area (Å²) in [7, 11) is 0. The summed E-state index contributed by atoms with van der Waals surface area (Å²) >= 11 is 0. The predicted octanol–water partition coefficient (Wildman–Crippen LogP) is 4.63. The summed E-state index contributed by atoms with van der Waals surface area (Å²) in [5, 5.41) is 4.41. The molecule has 0 amide bonds. The smallest absolute Gasteiger partial charge is 0.137 e. The van der Waals surface area contributed by atoms with Crippen molar-refractivity contribution in [3.63, 3.8) is 0 Å². The highest BCUT2D eigenvalue weighted by molar-refractivity contribution is 5.27. The predicted molar refractivity (Wildman–Crippen MR) is 103 cm³/mol. The number of rotatable bonds is 9. The highest BCUT2D eigenvalue weighted by Crippen LogP contribution is 2.34. The summed E-state index contributed by atoms with van der Waals surface area (Å²) < 4.78 is 8.13. The molecule has 2 rings (SSSR count). The first kappa shape index (κ1) is 19.4. The summed E-state index contributed by atoms with van der Waals surface area (Å²) in [5.74, 6) is 0. The lowest BCUT2D eigenvalue weighted by Gasteiger charge is -2.36. The van der Waals surface area contributed by atoms with Gasteiger partial charge in [0.1, 0.15) is 12.7 Å². The molecule has 4 heteroatoms. The van der Waals surface area contributed by atoms with Gasteiger partial charge in [-0.2, -0.15) is 5.10 Å². The molecule has 0 N–H and O–H groups in total. The lowest BCUT2D eigenvalue weighted by Crippen LogP contribution is -2.38. The highest BCUT2D eigenvalue weighted by Gasteiger charge is 2.34. The van der Waals surface area contributed by atoms with Gasteiger partial charge in [0.2, 0.25) is 0 Å². The maximum atomic E-state index is 6.18. The quantitative estimate of drug-likeness (QED) is 0.624. The van der Waals surface area contributed by atoms with Crippen molar-refractivity contribution in [2.75, 3.05) is 6.61 Å². The van der Waals surface area contributed by atoms with Crippen LogP contribution in [0.1, 0.15) is 51.3 Å². The molecule has 1 aromatic carbocycles. The standard InChI is InChI=1S/C21H31N3O/c1-6-14-25-20(21(3,4)5)19(24-16-22-15-23-24)13-12-18-11-9-8-10-17(18)7-2/h6,8-11,15-16,19-20H,1,7,12-14H2,2-5H3. The summed E-state index contributed by atoms with van der Waals surface area (Å²) in [6, 6.07) is 8.81. The van der Waals surface area contributed by atoms with Crippen molar-refractivity contribution < 1.29 is 4.74 Å². The minimum Gasteiger partial charge on any atom is -0.371 e. The maximum absolute atomic E-state index is 6.18. The van der Waals surface area contributed by atoms with Crippen LogP contribution in [-0.2, 0) is 17.6 Å². The number of aryl methyl sites for hydroxylation is 2. The van der Waals surface area contributed by atoms with E-state index in [1.165, 1.54) is 11.1 Å². The van der Waals surface area contributed by atoms with Crippen molar-refractivity contribution in [3.05, 3.63) is 60.7 Å². The van der Waals surface area contributed by atoms with Gasteiger partial charge in [0.25, 0.3) is 0 Å². The summed E-state index contributed by atoms with van der Waals surface area (Å²) in [5.41, 5.74) is 2.81. The van der Waals surface area contributed by atoms with Crippen molar-refractivity contribution >= 4 is 0 Å².